The van der Waals surface area contributed by atoms with E-state index in [1.807, 2.05) is 0 Å². The summed E-state index contributed by atoms with van der Waals surface area (Å²) in [7, 11) is 0. The van der Waals surface area contributed by atoms with Gasteiger partial charge in [0.05, 0.1) is 6.42 Å². The molecule has 0 spiro atoms. The van der Waals surface area contributed by atoms with Crippen molar-refractivity contribution in [3.05, 3.63) is 29.7 Å². The van der Waals surface area contributed by atoms with Gasteiger partial charge in [0.1, 0.15) is 5.75 Å². The Hall–Kier alpha value is -2.55. The number of carboxylic acid groups (broad SMARTS) is 1. The van der Waals surface area contributed by atoms with Crippen molar-refractivity contribution < 1.29 is 27.9 Å². The molecule has 1 aromatic heterocycles. The fraction of sp³-hybridized carbons (Fsp3) is 0.308. The van der Waals surface area contributed by atoms with Crippen LogP contribution < -0.4 is 10.5 Å². The zero-order valence-corrected chi connectivity index (χ0v) is 11.3. The van der Waals surface area contributed by atoms with Crippen molar-refractivity contribution in [2.24, 2.45) is 5.73 Å². The van der Waals surface area contributed by atoms with Gasteiger partial charge in [0.15, 0.2) is 0 Å². The molecule has 3 N–H and O–H groups in total. The number of hydrogen-bond donors (Lipinski definition) is 2. The maximum Gasteiger partial charge on any atom is 0.387 e. The van der Waals surface area contributed by atoms with Crippen LogP contribution in [-0.4, -0.2) is 27.8 Å². The number of aromatic nitrogens is 2. The van der Waals surface area contributed by atoms with Crippen molar-refractivity contribution in [2.45, 2.75) is 26.0 Å². The Balaban J connectivity index is 2.22. The molecule has 22 heavy (non-hydrogen) atoms. The van der Waals surface area contributed by atoms with Gasteiger partial charge in [-0.25, -0.2) is 0 Å². The molecule has 0 aliphatic rings. The van der Waals surface area contributed by atoms with Gasteiger partial charge in [-0.05, 0) is 23.8 Å². The summed E-state index contributed by atoms with van der Waals surface area (Å²) in [6.07, 6.45) is -0.0284. The Kier molecular flexibility index (Phi) is 4.99. The summed E-state index contributed by atoms with van der Waals surface area (Å²) in [5.41, 5.74) is 6.60. The van der Waals surface area contributed by atoms with Crippen molar-refractivity contribution >= 4 is 5.97 Å². The second-order valence-electron chi connectivity index (χ2n) is 4.31. The SMILES string of the molecule is NCc1cc(OC(F)F)ccc1-c1noc(CCC(=O)O)n1. The van der Waals surface area contributed by atoms with Crippen LogP contribution in [0.3, 0.4) is 0 Å². The lowest BCUT2D eigenvalue weighted by molar-refractivity contribution is -0.137. The minimum Gasteiger partial charge on any atom is -0.481 e. The Bertz CT molecular complexity index is 660. The largest absolute Gasteiger partial charge is 0.481 e. The van der Waals surface area contributed by atoms with E-state index >= 15 is 0 Å². The van der Waals surface area contributed by atoms with Crippen molar-refractivity contribution in [3.63, 3.8) is 0 Å². The first-order chi connectivity index (χ1) is 10.5. The van der Waals surface area contributed by atoms with E-state index in [4.69, 9.17) is 15.4 Å². The zero-order valence-electron chi connectivity index (χ0n) is 11.3. The molecule has 0 bridgehead atoms. The van der Waals surface area contributed by atoms with Crippen LogP contribution in [-0.2, 0) is 17.8 Å². The number of ether oxygens (including phenoxy) is 1. The van der Waals surface area contributed by atoms with Gasteiger partial charge >= 0.3 is 12.6 Å². The number of nitrogens with two attached hydrogens (primary N) is 1. The Morgan fingerprint density at radius 2 is 2.23 bits per heavy atom. The van der Waals surface area contributed by atoms with Crippen molar-refractivity contribution in [2.75, 3.05) is 0 Å². The highest BCUT2D eigenvalue weighted by molar-refractivity contribution is 5.67. The number of halogens is 2. The van der Waals surface area contributed by atoms with E-state index in [0.29, 0.717) is 11.1 Å². The van der Waals surface area contributed by atoms with E-state index < -0.39 is 12.6 Å². The second kappa shape index (κ2) is 6.94. The molecule has 0 fully saturated rings. The summed E-state index contributed by atoms with van der Waals surface area (Å²) in [6, 6.07) is 4.20. The molecular weight excluding hydrogens is 300 g/mol. The molecule has 0 radical (unpaired) electrons. The van der Waals surface area contributed by atoms with E-state index in [1.165, 1.54) is 18.2 Å². The van der Waals surface area contributed by atoms with E-state index in [9.17, 15) is 13.6 Å². The number of nitrogens with zero attached hydrogens (tertiary/aromatic N) is 2. The van der Waals surface area contributed by atoms with Gasteiger partial charge in [-0.15, -0.1) is 0 Å². The van der Waals surface area contributed by atoms with Gasteiger partial charge in [-0.2, -0.15) is 13.8 Å². The first-order valence-electron chi connectivity index (χ1n) is 6.32. The van der Waals surface area contributed by atoms with E-state index in [-0.39, 0.29) is 36.9 Å². The monoisotopic (exact) mass is 313 g/mol. The molecule has 0 unspecified atom stereocenters. The van der Waals surface area contributed by atoms with E-state index in [1.54, 1.807) is 0 Å². The summed E-state index contributed by atoms with van der Waals surface area (Å²) in [5, 5.41) is 12.3. The topological polar surface area (TPSA) is 111 Å². The van der Waals surface area contributed by atoms with E-state index in [0.717, 1.165) is 0 Å². The number of benzene rings is 1. The smallest absolute Gasteiger partial charge is 0.387 e. The molecule has 1 heterocycles. The minimum absolute atomic E-state index is 0.0196. The lowest BCUT2D eigenvalue weighted by Gasteiger charge is -2.08. The van der Waals surface area contributed by atoms with Gasteiger partial charge in [-0.1, -0.05) is 5.16 Å². The Morgan fingerprint density at radius 1 is 1.45 bits per heavy atom. The van der Waals surface area contributed by atoms with Gasteiger partial charge in [0, 0.05) is 18.5 Å². The Labute approximate surface area is 123 Å². The number of carboxylic acids is 1. The van der Waals surface area contributed by atoms with Crippen molar-refractivity contribution in [1.82, 2.24) is 10.1 Å². The minimum atomic E-state index is -2.93. The summed E-state index contributed by atoms with van der Waals surface area (Å²) in [6.45, 7) is -2.86. The molecule has 0 atom stereocenters. The number of rotatable bonds is 7. The van der Waals surface area contributed by atoms with Crippen LogP contribution in [0, 0.1) is 0 Å². The molecule has 0 aliphatic carbocycles. The van der Waals surface area contributed by atoms with Crippen LogP contribution in [0.1, 0.15) is 17.9 Å². The highest BCUT2D eigenvalue weighted by atomic mass is 19.3. The predicted octanol–water partition coefficient (Wildman–Crippen LogP) is 1.81. The average molecular weight is 313 g/mol. The first-order valence-corrected chi connectivity index (χ1v) is 6.32. The fourth-order valence-electron chi connectivity index (χ4n) is 1.81. The number of alkyl halides is 2. The third-order valence-corrected chi connectivity index (χ3v) is 2.78. The summed E-state index contributed by atoms with van der Waals surface area (Å²) < 4.78 is 33.6. The second-order valence-corrected chi connectivity index (χ2v) is 4.31. The van der Waals surface area contributed by atoms with Crippen molar-refractivity contribution in [1.29, 1.82) is 0 Å². The summed E-state index contributed by atoms with van der Waals surface area (Å²) >= 11 is 0. The predicted molar refractivity (Wildman–Crippen MR) is 70.2 cm³/mol. The van der Waals surface area contributed by atoms with Crippen molar-refractivity contribution in [3.8, 4) is 17.1 Å². The van der Waals surface area contributed by atoms with Gasteiger partial charge in [0.2, 0.25) is 11.7 Å². The maximum atomic E-state index is 12.2. The number of aliphatic carboxylic acids is 1. The van der Waals surface area contributed by atoms with Crippen LogP contribution in [0.2, 0.25) is 0 Å². The summed E-state index contributed by atoms with van der Waals surface area (Å²) in [4.78, 5) is 14.6. The number of hydrogen-bond acceptors (Lipinski definition) is 6. The zero-order chi connectivity index (χ0) is 16.1. The molecule has 9 heteroatoms. The van der Waals surface area contributed by atoms with Gasteiger partial charge in [-0.3, -0.25) is 4.79 Å². The molecular formula is C13H13F2N3O4. The average Bonchev–Trinajstić information content (AvgIpc) is 2.93. The molecule has 7 nitrogen and oxygen atoms in total. The Morgan fingerprint density at radius 3 is 2.86 bits per heavy atom. The number of aryl methyl sites for hydroxylation is 1. The highest BCUT2D eigenvalue weighted by Crippen LogP contribution is 2.26. The van der Waals surface area contributed by atoms with Crippen LogP contribution in [0.4, 0.5) is 8.78 Å². The standard InChI is InChI=1S/C13H13F2N3O4/c14-13(15)21-8-1-2-9(7(5-8)6-16)12-17-10(22-18-12)3-4-11(19)20/h1-2,5,13H,3-4,6,16H2,(H,19,20). The maximum absolute atomic E-state index is 12.2. The highest BCUT2D eigenvalue weighted by Gasteiger charge is 2.15. The molecule has 118 valence electrons. The van der Waals surface area contributed by atoms with Gasteiger partial charge < -0.3 is 20.1 Å². The lowest BCUT2D eigenvalue weighted by Crippen LogP contribution is -2.05. The van der Waals surface area contributed by atoms with Crippen LogP contribution in [0.25, 0.3) is 11.4 Å². The number of carbonyl (C=O) groups is 1. The quantitative estimate of drug-likeness (QED) is 0.801. The molecule has 2 aromatic rings. The van der Waals surface area contributed by atoms with Crippen LogP contribution in [0.15, 0.2) is 22.7 Å². The lowest BCUT2D eigenvalue weighted by atomic mass is 10.1. The fourth-order valence-corrected chi connectivity index (χ4v) is 1.81. The third kappa shape index (κ3) is 3.98. The molecule has 0 aliphatic heterocycles. The van der Waals surface area contributed by atoms with E-state index in [2.05, 4.69) is 14.9 Å². The van der Waals surface area contributed by atoms with Crippen LogP contribution in [0.5, 0.6) is 5.75 Å². The molecule has 1 aromatic carbocycles. The van der Waals surface area contributed by atoms with Crippen LogP contribution >= 0.6 is 0 Å². The summed E-state index contributed by atoms with van der Waals surface area (Å²) in [5.74, 6) is -0.609. The molecule has 0 saturated heterocycles. The van der Waals surface area contributed by atoms with Gasteiger partial charge in [0.25, 0.3) is 0 Å². The third-order valence-electron chi connectivity index (χ3n) is 2.78. The normalized spacial score (nSPS) is 10.9. The molecule has 2 rings (SSSR count). The first kappa shape index (κ1) is 15.8. The molecule has 0 saturated carbocycles. The molecule has 0 amide bonds.